The maximum atomic E-state index is 7.39. The Morgan fingerprint density at radius 1 is 0.658 bits per heavy atom. The Kier molecular flexibility index (Phi) is 4.42. The highest BCUT2D eigenvalue weighted by molar-refractivity contribution is 7.25. The fourth-order valence-electron chi connectivity index (χ4n) is 5.44. The molecule has 3 heterocycles. The molecule has 0 unspecified atom stereocenters. The summed E-state index contributed by atoms with van der Waals surface area (Å²) >= 11 is 1.66. The maximum absolute atomic E-state index is 7.39. The highest BCUT2D eigenvalue weighted by Gasteiger charge is 2.21. The normalized spacial score (nSPS) is 11.7. The first-order valence-electron chi connectivity index (χ1n) is 12.4. The van der Waals surface area contributed by atoms with Gasteiger partial charge in [0.15, 0.2) is 11.5 Å². The van der Waals surface area contributed by atoms with E-state index in [1.165, 1.54) is 26.2 Å². The van der Waals surface area contributed by atoms with Crippen LogP contribution in [0.1, 0.15) is 0 Å². The topological polar surface area (TPSA) is 35.1 Å². The number of nitrogens with zero attached hydrogens (tertiary/aromatic N) is 4. The molecule has 0 radical (unpaired) electrons. The molecule has 0 saturated carbocycles. The second-order valence-electron chi connectivity index (χ2n) is 9.38. The third-order valence-electron chi connectivity index (χ3n) is 7.22. The summed E-state index contributed by atoms with van der Waals surface area (Å²) in [5, 5.41) is 5.87. The first-order valence-corrected chi connectivity index (χ1v) is 13.2. The highest BCUT2D eigenvalue weighted by Crippen LogP contribution is 2.40. The van der Waals surface area contributed by atoms with Crippen LogP contribution in [0, 0.1) is 6.57 Å². The van der Waals surface area contributed by atoms with Gasteiger partial charge in [-0.2, -0.15) is 0 Å². The van der Waals surface area contributed by atoms with Crippen LogP contribution in [-0.2, 0) is 0 Å². The first-order chi connectivity index (χ1) is 18.8. The van der Waals surface area contributed by atoms with E-state index >= 15 is 0 Å². The molecular formula is C33H18N4S. The quantitative estimate of drug-likeness (QED) is 0.221. The van der Waals surface area contributed by atoms with E-state index in [-0.39, 0.29) is 0 Å². The van der Waals surface area contributed by atoms with Crippen LogP contribution in [-0.4, -0.2) is 14.5 Å². The Morgan fingerprint density at radius 2 is 1.37 bits per heavy atom. The summed E-state index contributed by atoms with van der Waals surface area (Å²) in [5.41, 5.74) is 5.44. The minimum Gasteiger partial charge on any atom is -0.292 e. The second-order valence-corrected chi connectivity index (χ2v) is 10.4. The monoisotopic (exact) mass is 502 g/mol. The third kappa shape index (κ3) is 3.02. The molecule has 38 heavy (non-hydrogen) atoms. The van der Waals surface area contributed by atoms with Gasteiger partial charge in [-0.1, -0.05) is 84.9 Å². The van der Waals surface area contributed by atoms with Gasteiger partial charge in [-0.25, -0.2) is 14.8 Å². The lowest BCUT2D eigenvalue weighted by atomic mass is 10.1. The van der Waals surface area contributed by atoms with Crippen LogP contribution in [0.25, 0.3) is 74.9 Å². The van der Waals surface area contributed by atoms with Crippen molar-refractivity contribution in [2.24, 2.45) is 0 Å². The van der Waals surface area contributed by atoms with Crippen molar-refractivity contribution in [3.8, 4) is 17.1 Å². The minimum atomic E-state index is 0.606. The van der Waals surface area contributed by atoms with E-state index in [2.05, 4.69) is 94.3 Å². The Balaban J connectivity index is 1.55. The molecule has 0 atom stereocenters. The lowest BCUT2D eigenvalue weighted by molar-refractivity contribution is 1.09. The zero-order chi connectivity index (χ0) is 25.2. The van der Waals surface area contributed by atoms with E-state index in [4.69, 9.17) is 16.5 Å². The molecule has 0 aliphatic carbocycles. The number of rotatable bonds is 2. The van der Waals surface area contributed by atoms with Crippen LogP contribution in [0.4, 0.5) is 5.69 Å². The lowest BCUT2D eigenvalue weighted by Gasteiger charge is -2.13. The number of thiophene rings is 1. The molecule has 0 spiro atoms. The summed E-state index contributed by atoms with van der Waals surface area (Å²) in [6.45, 7) is 7.39. The minimum absolute atomic E-state index is 0.606. The standard InChI is InChI=1S/C33H18N4S/c1-34-23-16-14-20(15-17-23)30-32(35-31-25-11-5-7-13-29(25)38-33(31)36-30)37-27-12-6-4-10-24(27)26-18-21-8-2-3-9-22(21)19-28(26)37/h2-19H. The molecule has 0 N–H and O–H groups in total. The molecule has 8 rings (SSSR count). The summed E-state index contributed by atoms with van der Waals surface area (Å²) in [6, 6.07) is 37.5. The van der Waals surface area contributed by atoms with Gasteiger partial charge in [0.2, 0.25) is 0 Å². The number of hydrogen-bond donors (Lipinski definition) is 0. The summed E-state index contributed by atoms with van der Waals surface area (Å²) in [5.74, 6) is 0.790. The van der Waals surface area contributed by atoms with Crippen molar-refractivity contribution >= 4 is 70.0 Å². The average Bonchev–Trinajstić information content (AvgIpc) is 3.50. The molecule has 0 aliphatic heterocycles. The number of hydrogen-bond acceptors (Lipinski definition) is 3. The Labute approximate surface area is 221 Å². The van der Waals surface area contributed by atoms with Gasteiger partial charge in [0.25, 0.3) is 0 Å². The predicted molar refractivity (Wildman–Crippen MR) is 158 cm³/mol. The third-order valence-corrected chi connectivity index (χ3v) is 8.27. The highest BCUT2D eigenvalue weighted by atomic mass is 32.1. The Hall–Kier alpha value is -5.05. The van der Waals surface area contributed by atoms with Gasteiger partial charge >= 0.3 is 0 Å². The van der Waals surface area contributed by atoms with Crippen molar-refractivity contribution in [1.82, 2.24) is 14.5 Å². The predicted octanol–water partition coefficient (Wildman–Crippen LogP) is 9.31. The molecule has 5 heteroatoms. The lowest BCUT2D eigenvalue weighted by Crippen LogP contribution is -2.03. The maximum Gasteiger partial charge on any atom is 0.187 e. The van der Waals surface area contributed by atoms with Gasteiger partial charge in [0.05, 0.1) is 17.6 Å². The van der Waals surface area contributed by atoms with Crippen molar-refractivity contribution < 1.29 is 0 Å². The van der Waals surface area contributed by atoms with Gasteiger partial charge < -0.3 is 0 Å². The fraction of sp³-hybridized carbons (Fsp3) is 0. The number of benzene rings is 5. The van der Waals surface area contributed by atoms with E-state index in [9.17, 15) is 0 Å². The van der Waals surface area contributed by atoms with Crippen LogP contribution in [0.3, 0.4) is 0 Å². The van der Waals surface area contributed by atoms with Gasteiger partial charge in [-0.05, 0) is 35.0 Å². The van der Waals surface area contributed by atoms with E-state index in [1.807, 2.05) is 24.3 Å². The summed E-state index contributed by atoms with van der Waals surface area (Å²) in [7, 11) is 0. The largest absolute Gasteiger partial charge is 0.292 e. The Morgan fingerprint density at radius 3 is 2.18 bits per heavy atom. The molecule has 0 amide bonds. The molecule has 0 saturated heterocycles. The van der Waals surface area contributed by atoms with Gasteiger partial charge in [-0.15, -0.1) is 11.3 Å². The van der Waals surface area contributed by atoms with Gasteiger partial charge in [-0.3, -0.25) is 4.57 Å². The van der Waals surface area contributed by atoms with E-state index in [1.54, 1.807) is 11.3 Å². The van der Waals surface area contributed by atoms with Crippen molar-refractivity contribution in [3.63, 3.8) is 0 Å². The average molecular weight is 503 g/mol. The van der Waals surface area contributed by atoms with Gasteiger partial charge in [0, 0.05) is 26.4 Å². The van der Waals surface area contributed by atoms with E-state index in [0.29, 0.717) is 5.69 Å². The number of fused-ring (bicyclic) bond motifs is 7. The van der Waals surface area contributed by atoms with Crippen LogP contribution in [0.15, 0.2) is 109 Å². The van der Waals surface area contributed by atoms with E-state index < -0.39 is 0 Å². The second kappa shape index (κ2) is 7.97. The number of para-hydroxylation sites is 1. The van der Waals surface area contributed by atoms with Crippen LogP contribution >= 0.6 is 11.3 Å². The zero-order valence-corrected chi connectivity index (χ0v) is 20.9. The fourth-order valence-corrected chi connectivity index (χ4v) is 6.46. The molecule has 5 aromatic carbocycles. The van der Waals surface area contributed by atoms with Crippen molar-refractivity contribution in [2.45, 2.75) is 0 Å². The molecular weight excluding hydrogens is 484 g/mol. The SMILES string of the molecule is [C-]#[N+]c1ccc(-c2nc3sc4ccccc4c3nc2-n2c3ccccc3c3cc4ccccc4cc32)cc1. The zero-order valence-electron chi connectivity index (χ0n) is 20.1. The molecule has 0 bridgehead atoms. The summed E-state index contributed by atoms with van der Waals surface area (Å²) in [4.78, 5) is 15.1. The molecule has 8 aromatic rings. The molecule has 0 fully saturated rings. The molecule has 176 valence electrons. The summed E-state index contributed by atoms with van der Waals surface area (Å²) in [6.07, 6.45) is 0. The molecule has 3 aromatic heterocycles. The van der Waals surface area contributed by atoms with Gasteiger partial charge in [0.1, 0.15) is 16.0 Å². The smallest absolute Gasteiger partial charge is 0.187 e. The van der Waals surface area contributed by atoms with Crippen LogP contribution in [0.5, 0.6) is 0 Å². The van der Waals surface area contributed by atoms with Crippen molar-refractivity contribution in [3.05, 3.63) is 121 Å². The number of aromatic nitrogens is 3. The summed E-state index contributed by atoms with van der Waals surface area (Å²) < 4.78 is 3.43. The van der Waals surface area contributed by atoms with Crippen LogP contribution < -0.4 is 0 Å². The molecule has 0 aliphatic rings. The van der Waals surface area contributed by atoms with Crippen molar-refractivity contribution in [2.75, 3.05) is 0 Å². The van der Waals surface area contributed by atoms with E-state index in [0.717, 1.165) is 43.8 Å². The van der Waals surface area contributed by atoms with Crippen molar-refractivity contribution in [1.29, 1.82) is 0 Å². The Bertz CT molecular complexity index is 2250. The van der Waals surface area contributed by atoms with Crippen LogP contribution in [0.2, 0.25) is 0 Å². The molecule has 4 nitrogen and oxygen atoms in total. The first kappa shape index (κ1) is 21.1.